The Morgan fingerprint density at radius 2 is 1.94 bits per heavy atom. The predicted octanol–water partition coefficient (Wildman–Crippen LogP) is 4.39. The Labute approximate surface area is 117 Å². The number of rotatable bonds is 3. The van der Waals surface area contributed by atoms with E-state index in [0.717, 1.165) is 13.1 Å². The van der Waals surface area contributed by atoms with E-state index < -0.39 is 0 Å². The molecule has 0 aliphatic carbocycles. The van der Waals surface area contributed by atoms with Crippen molar-refractivity contribution in [2.45, 2.75) is 26.8 Å². The van der Waals surface area contributed by atoms with Gasteiger partial charge in [-0.1, -0.05) is 13.8 Å². The van der Waals surface area contributed by atoms with E-state index in [1.807, 2.05) is 13.1 Å². The first-order valence-electron chi connectivity index (χ1n) is 5.06. The van der Waals surface area contributed by atoms with Crippen molar-refractivity contribution in [3.8, 4) is 0 Å². The molecule has 0 bridgehead atoms. The topological polar surface area (TPSA) is 20.3 Å². The van der Waals surface area contributed by atoms with Crippen LogP contribution in [0.3, 0.4) is 0 Å². The number of amides is 1. The van der Waals surface area contributed by atoms with Crippen LogP contribution < -0.4 is 0 Å². The van der Waals surface area contributed by atoms with Gasteiger partial charge in [0, 0.05) is 17.6 Å². The first-order valence-corrected chi connectivity index (χ1v) is 7.46. The summed E-state index contributed by atoms with van der Waals surface area (Å²) in [7, 11) is 1.86. The van der Waals surface area contributed by atoms with E-state index in [1.165, 1.54) is 11.3 Å². The molecule has 1 heterocycles. The summed E-state index contributed by atoms with van der Waals surface area (Å²) in [6.07, 6.45) is 0. The van der Waals surface area contributed by atoms with Crippen molar-refractivity contribution >= 4 is 49.1 Å². The number of hydrogen-bond acceptors (Lipinski definition) is 2. The molecule has 0 radical (unpaired) electrons. The lowest BCUT2D eigenvalue weighted by atomic mass is 10.1. The van der Waals surface area contributed by atoms with Gasteiger partial charge in [0.15, 0.2) is 0 Å². The van der Waals surface area contributed by atoms with Crippen molar-refractivity contribution in [2.75, 3.05) is 7.05 Å². The standard InChI is InChI=1S/C11H15Br2NOS/c1-6(2)7(3)14(4)11(15)9-5-8(12)10(13)16-9/h5-7H,1-4H3. The molecule has 5 heteroatoms. The molecule has 90 valence electrons. The van der Waals surface area contributed by atoms with Gasteiger partial charge in [0.25, 0.3) is 5.91 Å². The Hall–Kier alpha value is 0.130. The average Bonchev–Trinajstić information content (AvgIpc) is 2.55. The summed E-state index contributed by atoms with van der Waals surface area (Å²) < 4.78 is 1.90. The summed E-state index contributed by atoms with van der Waals surface area (Å²) in [6, 6.07) is 2.10. The Morgan fingerprint density at radius 1 is 1.38 bits per heavy atom. The molecule has 1 rings (SSSR count). The van der Waals surface area contributed by atoms with E-state index in [-0.39, 0.29) is 11.9 Å². The van der Waals surface area contributed by atoms with Gasteiger partial charge in [0.05, 0.1) is 8.66 Å². The highest BCUT2D eigenvalue weighted by Crippen LogP contribution is 2.33. The van der Waals surface area contributed by atoms with Gasteiger partial charge in [0.2, 0.25) is 0 Å². The summed E-state index contributed by atoms with van der Waals surface area (Å²) in [5, 5.41) is 0. The van der Waals surface area contributed by atoms with E-state index in [2.05, 4.69) is 52.6 Å². The molecule has 0 saturated heterocycles. The number of thiophene rings is 1. The molecule has 0 saturated carbocycles. The quantitative estimate of drug-likeness (QED) is 0.774. The van der Waals surface area contributed by atoms with E-state index in [4.69, 9.17) is 0 Å². The SMILES string of the molecule is CC(C)C(C)N(C)C(=O)c1cc(Br)c(Br)s1. The average molecular weight is 369 g/mol. The van der Waals surface area contributed by atoms with E-state index in [1.54, 1.807) is 4.90 Å². The maximum Gasteiger partial charge on any atom is 0.263 e. The van der Waals surface area contributed by atoms with Gasteiger partial charge in [-0.15, -0.1) is 11.3 Å². The molecule has 2 nitrogen and oxygen atoms in total. The molecule has 0 fully saturated rings. The van der Waals surface area contributed by atoms with E-state index in [9.17, 15) is 4.79 Å². The van der Waals surface area contributed by atoms with Gasteiger partial charge in [-0.25, -0.2) is 0 Å². The zero-order chi connectivity index (χ0) is 12.5. The molecule has 0 aromatic carbocycles. The van der Waals surface area contributed by atoms with Crippen LogP contribution in [0.1, 0.15) is 30.4 Å². The Balaban J connectivity index is 2.86. The van der Waals surface area contributed by atoms with Crippen LogP contribution in [-0.2, 0) is 0 Å². The third-order valence-electron chi connectivity index (χ3n) is 2.75. The number of hydrogen-bond donors (Lipinski definition) is 0. The minimum atomic E-state index is 0.0811. The Morgan fingerprint density at radius 3 is 2.31 bits per heavy atom. The summed E-state index contributed by atoms with van der Waals surface area (Å²) in [5.41, 5.74) is 0. The van der Waals surface area contributed by atoms with Gasteiger partial charge in [-0.05, 0) is 50.8 Å². The van der Waals surface area contributed by atoms with Crippen molar-refractivity contribution in [1.29, 1.82) is 0 Å². The summed E-state index contributed by atoms with van der Waals surface area (Å²) in [6.45, 7) is 6.31. The van der Waals surface area contributed by atoms with Gasteiger partial charge >= 0.3 is 0 Å². The van der Waals surface area contributed by atoms with E-state index in [0.29, 0.717) is 5.92 Å². The van der Waals surface area contributed by atoms with E-state index >= 15 is 0 Å². The fourth-order valence-electron chi connectivity index (χ4n) is 1.26. The monoisotopic (exact) mass is 367 g/mol. The summed E-state index contributed by atoms with van der Waals surface area (Å²) in [5.74, 6) is 0.540. The Bertz CT molecular complexity index is 370. The zero-order valence-electron chi connectivity index (χ0n) is 9.75. The smallest absolute Gasteiger partial charge is 0.263 e. The highest BCUT2D eigenvalue weighted by Gasteiger charge is 2.21. The van der Waals surface area contributed by atoms with Crippen molar-refractivity contribution in [3.63, 3.8) is 0 Å². The fourth-order valence-corrected chi connectivity index (χ4v) is 3.28. The lowest BCUT2D eigenvalue weighted by Gasteiger charge is -2.27. The fraction of sp³-hybridized carbons (Fsp3) is 0.545. The number of carbonyl (C=O) groups excluding carboxylic acids is 1. The van der Waals surface area contributed by atoms with Crippen LogP contribution in [0.2, 0.25) is 0 Å². The number of nitrogens with zero attached hydrogens (tertiary/aromatic N) is 1. The van der Waals surface area contributed by atoms with Crippen molar-refractivity contribution < 1.29 is 4.79 Å². The van der Waals surface area contributed by atoms with Gasteiger partial charge in [-0.2, -0.15) is 0 Å². The maximum atomic E-state index is 12.2. The second kappa shape index (κ2) is 5.65. The molecule has 1 aromatic heterocycles. The molecule has 0 N–H and O–H groups in total. The second-order valence-electron chi connectivity index (χ2n) is 4.13. The molecule has 0 aliphatic heterocycles. The molecule has 0 aliphatic rings. The molecule has 0 spiro atoms. The van der Waals surface area contributed by atoms with Gasteiger partial charge in [-0.3, -0.25) is 4.79 Å². The Kier molecular flexibility index (Phi) is 5.01. The minimum absolute atomic E-state index is 0.0811. The molecule has 1 aromatic rings. The van der Waals surface area contributed by atoms with Crippen molar-refractivity contribution in [1.82, 2.24) is 4.90 Å². The molecular formula is C11H15Br2NOS. The second-order valence-corrected chi connectivity index (χ2v) is 7.36. The van der Waals surface area contributed by atoms with Crippen LogP contribution in [0, 0.1) is 5.92 Å². The van der Waals surface area contributed by atoms with Crippen molar-refractivity contribution in [2.24, 2.45) is 5.92 Å². The number of halogens is 2. The van der Waals surface area contributed by atoms with Crippen LogP contribution in [0.5, 0.6) is 0 Å². The van der Waals surface area contributed by atoms with Crippen LogP contribution in [0.25, 0.3) is 0 Å². The highest BCUT2D eigenvalue weighted by molar-refractivity contribution is 9.13. The lowest BCUT2D eigenvalue weighted by Crippen LogP contribution is -2.37. The molecule has 1 atom stereocenters. The summed E-state index contributed by atoms with van der Waals surface area (Å²) >= 11 is 8.25. The first-order chi connectivity index (χ1) is 7.34. The zero-order valence-corrected chi connectivity index (χ0v) is 13.7. The van der Waals surface area contributed by atoms with Gasteiger partial charge in [0.1, 0.15) is 0 Å². The third-order valence-corrected chi connectivity index (χ3v) is 6.00. The van der Waals surface area contributed by atoms with Crippen LogP contribution in [-0.4, -0.2) is 23.9 Å². The minimum Gasteiger partial charge on any atom is -0.338 e. The largest absolute Gasteiger partial charge is 0.338 e. The van der Waals surface area contributed by atoms with Crippen LogP contribution in [0.4, 0.5) is 0 Å². The molecule has 1 amide bonds. The summed E-state index contributed by atoms with van der Waals surface area (Å²) in [4.78, 5) is 14.7. The predicted molar refractivity (Wildman–Crippen MR) is 76.1 cm³/mol. The molecule has 16 heavy (non-hydrogen) atoms. The van der Waals surface area contributed by atoms with Crippen LogP contribution in [0.15, 0.2) is 14.3 Å². The van der Waals surface area contributed by atoms with Crippen LogP contribution >= 0.6 is 43.2 Å². The maximum absolute atomic E-state index is 12.2. The van der Waals surface area contributed by atoms with Crippen molar-refractivity contribution in [3.05, 3.63) is 19.2 Å². The molecule has 1 unspecified atom stereocenters. The lowest BCUT2D eigenvalue weighted by molar-refractivity contribution is 0.0712. The van der Waals surface area contributed by atoms with Gasteiger partial charge < -0.3 is 4.90 Å². The third kappa shape index (κ3) is 3.08. The first kappa shape index (κ1) is 14.2. The number of carbonyl (C=O) groups is 1. The molecular weight excluding hydrogens is 354 g/mol. The highest BCUT2D eigenvalue weighted by atomic mass is 79.9. The normalized spacial score (nSPS) is 12.9.